The van der Waals surface area contributed by atoms with Crippen LogP contribution in [0.3, 0.4) is 0 Å². The van der Waals surface area contributed by atoms with Gasteiger partial charge in [-0.1, -0.05) is 18.8 Å². The van der Waals surface area contributed by atoms with E-state index in [1.165, 1.54) is 12.1 Å². The van der Waals surface area contributed by atoms with E-state index in [0.29, 0.717) is 43.6 Å². The predicted molar refractivity (Wildman–Crippen MR) is 96.7 cm³/mol. The minimum absolute atomic E-state index is 0.00896. The molecule has 3 fully saturated rings. The van der Waals surface area contributed by atoms with Gasteiger partial charge in [0.1, 0.15) is 11.6 Å². The van der Waals surface area contributed by atoms with Gasteiger partial charge in [-0.2, -0.15) is 0 Å². The van der Waals surface area contributed by atoms with E-state index in [4.69, 9.17) is 6.42 Å². The minimum Gasteiger partial charge on any atom is -0.359 e. The third-order valence-corrected chi connectivity index (χ3v) is 6.62. The Bertz CT molecular complexity index is 925. The molecular weight excluding hydrogens is 347 g/mol. The molecule has 1 spiro atoms. The predicted octanol–water partition coefficient (Wildman–Crippen LogP) is 2.17. The number of carbonyl (C=O) groups excluding carboxylic acids is 3. The normalized spacial score (nSPS) is 31.3. The first-order valence-electron chi connectivity index (χ1n) is 9.41. The van der Waals surface area contributed by atoms with Crippen molar-refractivity contribution < 1.29 is 18.8 Å². The summed E-state index contributed by atoms with van der Waals surface area (Å²) in [6.45, 7) is 0.724. The number of hydrogen-bond donors (Lipinski definition) is 0. The largest absolute Gasteiger partial charge is 0.359 e. The van der Waals surface area contributed by atoms with E-state index < -0.39 is 11.2 Å². The van der Waals surface area contributed by atoms with Gasteiger partial charge in [0.05, 0.1) is 29.5 Å². The van der Waals surface area contributed by atoms with Gasteiger partial charge in [0, 0.05) is 18.7 Å². The zero-order chi connectivity index (χ0) is 18.9. The van der Waals surface area contributed by atoms with Gasteiger partial charge in [0.2, 0.25) is 11.8 Å². The molecule has 1 aromatic carbocycles. The minimum atomic E-state index is -0.668. The Morgan fingerprint density at radius 2 is 1.74 bits per heavy atom. The summed E-state index contributed by atoms with van der Waals surface area (Å²) in [7, 11) is 0. The number of rotatable bonds is 2. The molecule has 27 heavy (non-hydrogen) atoms. The number of terminal acetylenes is 1. The zero-order valence-electron chi connectivity index (χ0n) is 14.8. The maximum Gasteiger partial charge on any atom is 0.237 e. The molecule has 2 aliphatic heterocycles. The summed E-state index contributed by atoms with van der Waals surface area (Å²) in [4.78, 5) is 40.6. The molecule has 2 amide bonds. The lowest BCUT2D eigenvalue weighted by atomic mass is 9.81. The van der Waals surface area contributed by atoms with Crippen LogP contribution in [0.5, 0.6) is 0 Å². The van der Waals surface area contributed by atoms with Crippen molar-refractivity contribution in [1.29, 1.82) is 0 Å². The molecule has 2 aliphatic carbocycles. The molecule has 4 aliphatic rings. The van der Waals surface area contributed by atoms with Crippen molar-refractivity contribution in [3.05, 3.63) is 23.5 Å². The maximum absolute atomic E-state index is 15.0. The molecule has 2 heterocycles. The molecule has 3 atom stereocenters. The Balaban J connectivity index is 1.60. The van der Waals surface area contributed by atoms with Crippen molar-refractivity contribution in [2.24, 2.45) is 11.8 Å². The second-order valence-electron chi connectivity index (χ2n) is 8.07. The molecule has 6 heteroatoms. The molecule has 1 saturated heterocycles. The van der Waals surface area contributed by atoms with Gasteiger partial charge < -0.3 is 4.90 Å². The van der Waals surface area contributed by atoms with Crippen molar-refractivity contribution >= 4 is 29.0 Å². The average molecular weight is 366 g/mol. The molecule has 5 nitrogen and oxygen atoms in total. The molecular formula is C21H19FN2O3. The third-order valence-electron chi connectivity index (χ3n) is 6.62. The van der Waals surface area contributed by atoms with Gasteiger partial charge in [-0.3, -0.25) is 14.4 Å². The zero-order valence-corrected chi connectivity index (χ0v) is 14.8. The maximum atomic E-state index is 15.0. The Kier molecular flexibility index (Phi) is 3.31. The van der Waals surface area contributed by atoms with E-state index >= 15 is 4.39 Å². The number of benzene rings is 1. The lowest BCUT2D eigenvalue weighted by Gasteiger charge is -2.20. The van der Waals surface area contributed by atoms with Gasteiger partial charge in [-0.25, -0.2) is 9.29 Å². The van der Waals surface area contributed by atoms with Crippen LogP contribution in [0.1, 0.15) is 37.7 Å². The third kappa shape index (κ3) is 2.08. The molecule has 5 rings (SSSR count). The Hall–Kier alpha value is -2.68. The second kappa shape index (κ2) is 5.41. The summed E-state index contributed by atoms with van der Waals surface area (Å²) in [5, 5.41) is 0. The first kappa shape index (κ1) is 16.5. The number of amides is 2. The number of Topliss-reactive ketones (excluding diaryl/α,β-unsaturated/α-hetero) is 1. The van der Waals surface area contributed by atoms with Crippen LogP contribution >= 0.6 is 0 Å². The summed E-state index contributed by atoms with van der Waals surface area (Å²) in [6.07, 6.45) is 9.03. The van der Waals surface area contributed by atoms with E-state index in [1.807, 2.05) is 4.90 Å². The highest BCUT2D eigenvalue weighted by atomic mass is 19.1. The molecule has 0 N–H and O–H groups in total. The van der Waals surface area contributed by atoms with E-state index in [0.717, 1.165) is 17.7 Å². The lowest BCUT2D eigenvalue weighted by Crippen LogP contribution is -2.32. The van der Waals surface area contributed by atoms with E-state index in [9.17, 15) is 14.4 Å². The molecule has 1 aromatic rings. The summed E-state index contributed by atoms with van der Waals surface area (Å²) in [5.74, 6) is 0.737. The fraction of sp³-hybridized carbons (Fsp3) is 0.476. The smallest absolute Gasteiger partial charge is 0.237 e. The van der Waals surface area contributed by atoms with Crippen molar-refractivity contribution in [2.75, 3.05) is 22.9 Å². The van der Waals surface area contributed by atoms with Crippen LogP contribution in [-0.2, 0) is 19.8 Å². The summed E-state index contributed by atoms with van der Waals surface area (Å²) in [6, 6.07) is 2.87. The Morgan fingerprint density at radius 1 is 1.11 bits per heavy atom. The number of hydrogen-bond acceptors (Lipinski definition) is 4. The van der Waals surface area contributed by atoms with Crippen LogP contribution in [0, 0.1) is 30.0 Å². The molecule has 0 aromatic heterocycles. The SMILES string of the molecule is C#CCN1CC2(CC2=O)c2cc(F)c(N3C(=O)C4CCCCC4C3=O)cc21. The number of nitrogens with zero attached hydrogens (tertiary/aromatic N) is 2. The van der Waals surface area contributed by atoms with E-state index in [-0.39, 0.29) is 35.1 Å². The number of imide groups is 1. The Morgan fingerprint density at radius 3 is 2.30 bits per heavy atom. The summed E-state index contributed by atoms with van der Waals surface area (Å²) in [5.41, 5.74) is 0.606. The van der Waals surface area contributed by atoms with Crippen LogP contribution in [0.25, 0.3) is 0 Å². The number of fused-ring (bicyclic) bond motifs is 3. The van der Waals surface area contributed by atoms with Crippen LogP contribution < -0.4 is 9.80 Å². The van der Waals surface area contributed by atoms with Crippen LogP contribution in [-0.4, -0.2) is 30.7 Å². The number of carbonyl (C=O) groups is 3. The number of ketones is 1. The monoisotopic (exact) mass is 366 g/mol. The Labute approximate surface area is 156 Å². The van der Waals surface area contributed by atoms with Crippen LogP contribution in [0.4, 0.5) is 15.8 Å². The van der Waals surface area contributed by atoms with Gasteiger partial charge >= 0.3 is 0 Å². The first-order chi connectivity index (χ1) is 13.0. The summed E-state index contributed by atoms with van der Waals surface area (Å²) < 4.78 is 15.0. The fourth-order valence-electron chi connectivity index (χ4n) is 5.13. The molecule has 138 valence electrons. The van der Waals surface area contributed by atoms with Crippen LogP contribution in [0.15, 0.2) is 12.1 Å². The average Bonchev–Trinajstić information content (AvgIpc) is 3.12. The van der Waals surface area contributed by atoms with Crippen LogP contribution in [0.2, 0.25) is 0 Å². The van der Waals surface area contributed by atoms with Crippen molar-refractivity contribution in [3.8, 4) is 12.3 Å². The van der Waals surface area contributed by atoms with Gasteiger partial charge in [-0.15, -0.1) is 6.42 Å². The van der Waals surface area contributed by atoms with Gasteiger partial charge in [-0.05, 0) is 30.5 Å². The molecule has 2 saturated carbocycles. The first-order valence-corrected chi connectivity index (χ1v) is 9.41. The second-order valence-corrected chi connectivity index (χ2v) is 8.07. The fourth-order valence-corrected chi connectivity index (χ4v) is 5.13. The van der Waals surface area contributed by atoms with Crippen molar-refractivity contribution in [3.63, 3.8) is 0 Å². The van der Waals surface area contributed by atoms with E-state index in [2.05, 4.69) is 5.92 Å². The van der Waals surface area contributed by atoms with Gasteiger partial charge in [0.15, 0.2) is 0 Å². The molecule has 0 radical (unpaired) electrons. The number of anilines is 2. The van der Waals surface area contributed by atoms with Crippen molar-refractivity contribution in [1.82, 2.24) is 0 Å². The summed E-state index contributed by atoms with van der Waals surface area (Å²) >= 11 is 0. The highest BCUT2D eigenvalue weighted by molar-refractivity contribution is 6.22. The molecule has 0 bridgehead atoms. The van der Waals surface area contributed by atoms with Crippen molar-refractivity contribution in [2.45, 2.75) is 37.5 Å². The topological polar surface area (TPSA) is 57.7 Å². The highest BCUT2D eigenvalue weighted by Gasteiger charge is 2.61. The standard InChI is InChI=1S/C21H19FN2O3/c1-2-7-23-11-21(10-18(21)25)14-8-15(22)17(9-16(14)23)24-19(26)12-5-3-4-6-13(12)20(24)27/h1,8-9,12-13H,3-7,10-11H2. The van der Waals surface area contributed by atoms with E-state index in [1.54, 1.807) is 0 Å². The lowest BCUT2D eigenvalue weighted by molar-refractivity contribution is -0.122. The molecule has 3 unspecified atom stereocenters. The van der Waals surface area contributed by atoms with Gasteiger partial charge in [0.25, 0.3) is 0 Å². The highest BCUT2D eigenvalue weighted by Crippen LogP contribution is 2.55. The number of halogens is 1. The quantitative estimate of drug-likeness (QED) is 0.595.